The molecule has 0 radical (unpaired) electrons. The number of allylic oxidation sites excluding steroid dienone is 1. The minimum absolute atomic E-state index is 0.889. The number of aromatic nitrogens is 2. The van der Waals surface area contributed by atoms with Crippen LogP contribution in [0.2, 0.25) is 0 Å². The fourth-order valence-electron chi connectivity index (χ4n) is 6.54. The van der Waals surface area contributed by atoms with Crippen molar-refractivity contribution in [1.82, 2.24) is 9.97 Å². The Morgan fingerprint density at radius 1 is 0.700 bits per heavy atom. The molecule has 0 bridgehead atoms. The van der Waals surface area contributed by atoms with E-state index in [0.717, 1.165) is 57.4 Å². The van der Waals surface area contributed by atoms with Gasteiger partial charge in [-0.2, -0.15) is 0 Å². The molecule has 2 aromatic heterocycles. The topological polar surface area (TPSA) is 38.9 Å². The van der Waals surface area contributed by atoms with E-state index in [-0.39, 0.29) is 0 Å². The summed E-state index contributed by atoms with van der Waals surface area (Å²) >= 11 is 0. The summed E-state index contributed by atoms with van der Waals surface area (Å²) in [5.41, 5.74) is 14.3. The lowest BCUT2D eigenvalue weighted by molar-refractivity contribution is 0.666. The van der Waals surface area contributed by atoms with Crippen LogP contribution in [-0.4, -0.2) is 9.97 Å². The maximum absolute atomic E-state index is 6.50. The Bertz CT molecular complexity index is 2180. The van der Waals surface area contributed by atoms with Crippen LogP contribution < -0.4 is 0 Å². The van der Waals surface area contributed by atoms with E-state index in [1.54, 1.807) is 0 Å². The van der Waals surface area contributed by atoms with E-state index < -0.39 is 0 Å². The van der Waals surface area contributed by atoms with Crippen LogP contribution in [0.4, 0.5) is 0 Å². The summed E-state index contributed by atoms with van der Waals surface area (Å²) in [4.78, 5) is 10.1. The molecular formula is C37H28N2O. The second kappa shape index (κ2) is 8.62. The van der Waals surface area contributed by atoms with Crippen LogP contribution in [0.5, 0.6) is 0 Å². The van der Waals surface area contributed by atoms with E-state index in [2.05, 4.69) is 106 Å². The number of hydrogen-bond donors (Lipinski definition) is 0. The quantitative estimate of drug-likeness (QED) is 0.215. The molecule has 2 heterocycles. The minimum atomic E-state index is 0.889. The highest BCUT2D eigenvalue weighted by atomic mass is 16.3. The van der Waals surface area contributed by atoms with Crippen LogP contribution in [-0.2, 0) is 6.42 Å². The van der Waals surface area contributed by atoms with E-state index >= 15 is 0 Å². The zero-order valence-corrected chi connectivity index (χ0v) is 22.9. The second-order valence-electron chi connectivity index (χ2n) is 11.2. The Labute approximate surface area is 232 Å². The van der Waals surface area contributed by atoms with E-state index in [1.165, 1.54) is 49.4 Å². The summed E-state index contributed by atoms with van der Waals surface area (Å²) in [6.07, 6.45) is 8.50. The van der Waals surface area contributed by atoms with Crippen molar-refractivity contribution in [2.75, 3.05) is 0 Å². The normalized spacial score (nSPS) is 13.1. The van der Waals surface area contributed by atoms with Crippen molar-refractivity contribution >= 4 is 49.8 Å². The number of furan rings is 1. The van der Waals surface area contributed by atoms with Gasteiger partial charge in [0.1, 0.15) is 11.2 Å². The first-order valence-corrected chi connectivity index (χ1v) is 14.0. The van der Waals surface area contributed by atoms with Crippen molar-refractivity contribution in [2.24, 2.45) is 0 Å². The van der Waals surface area contributed by atoms with Crippen molar-refractivity contribution in [1.29, 1.82) is 0 Å². The average Bonchev–Trinajstić information content (AvgIpc) is 3.35. The lowest BCUT2D eigenvalue weighted by Gasteiger charge is -2.17. The largest absolute Gasteiger partial charge is 0.455 e. The second-order valence-corrected chi connectivity index (χ2v) is 11.2. The molecule has 3 nitrogen and oxygen atoms in total. The summed E-state index contributed by atoms with van der Waals surface area (Å²) in [6, 6.07) is 26.1. The molecule has 0 unspecified atom stereocenters. The molecule has 5 aromatic carbocycles. The Morgan fingerprint density at radius 3 is 2.25 bits per heavy atom. The van der Waals surface area contributed by atoms with Gasteiger partial charge in [0, 0.05) is 32.8 Å². The lowest BCUT2D eigenvalue weighted by atomic mass is 9.90. The first kappa shape index (κ1) is 23.2. The van der Waals surface area contributed by atoms with Gasteiger partial charge in [-0.15, -0.1) is 0 Å². The van der Waals surface area contributed by atoms with Gasteiger partial charge in [-0.3, -0.25) is 4.98 Å². The molecule has 1 aliphatic rings. The van der Waals surface area contributed by atoms with Gasteiger partial charge in [-0.05, 0) is 85.0 Å². The summed E-state index contributed by atoms with van der Waals surface area (Å²) in [5.74, 6) is 0. The molecule has 0 N–H and O–H groups in total. The number of fused-ring (bicyclic) bond motifs is 9. The molecule has 7 aromatic rings. The molecule has 0 saturated heterocycles. The molecule has 8 rings (SSSR count). The molecule has 0 atom stereocenters. The van der Waals surface area contributed by atoms with Gasteiger partial charge in [0.2, 0.25) is 0 Å². The molecular weight excluding hydrogens is 488 g/mol. The van der Waals surface area contributed by atoms with Crippen LogP contribution in [0.3, 0.4) is 0 Å². The Balaban J connectivity index is 1.27. The van der Waals surface area contributed by atoms with Gasteiger partial charge in [0.25, 0.3) is 0 Å². The predicted molar refractivity (Wildman–Crippen MR) is 167 cm³/mol. The van der Waals surface area contributed by atoms with Gasteiger partial charge in [-0.1, -0.05) is 66.7 Å². The van der Waals surface area contributed by atoms with Crippen molar-refractivity contribution in [2.45, 2.75) is 33.6 Å². The molecule has 0 aliphatic heterocycles. The summed E-state index contributed by atoms with van der Waals surface area (Å²) in [5, 5.41) is 4.83. The fraction of sp³-hybridized carbons (Fsp3) is 0.135. The molecule has 0 saturated carbocycles. The average molecular weight is 517 g/mol. The molecule has 192 valence electrons. The van der Waals surface area contributed by atoms with Gasteiger partial charge in [0.05, 0.1) is 22.9 Å². The first-order chi connectivity index (χ1) is 19.5. The zero-order chi connectivity index (χ0) is 27.0. The number of benzene rings is 5. The number of rotatable bonds is 2. The van der Waals surface area contributed by atoms with Crippen LogP contribution >= 0.6 is 0 Å². The van der Waals surface area contributed by atoms with Gasteiger partial charge in [0.15, 0.2) is 0 Å². The van der Waals surface area contributed by atoms with Crippen LogP contribution in [0.1, 0.15) is 34.2 Å². The fourth-order valence-corrected chi connectivity index (χ4v) is 6.54. The van der Waals surface area contributed by atoms with Crippen LogP contribution in [0.15, 0.2) is 89.5 Å². The minimum Gasteiger partial charge on any atom is -0.455 e. The third kappa shape index (κ3) is 3.44. The van der Waals surface area contributed by atoms with E-state index in [0.29, 0.717) is 0 Å². The molecule has 40 heavy (non-hydrogen) atoms. The van der Waals surface area contributed by atoms with E-state index in [1.807, 2.05) is 6.20 Å². The lowest BCUT2D eigenvalue weighted by Crippen LogP contribution is -2.01. The molecule has 1 aliphatic carbocycles. The van der Waals surface area contributed by atoms with E-state index in [9.17, 15) is 0 Å². The Kier molecular flexibility index (Phi) is 4.99. The molecule has 0 amide bonds. The Morgan fingerprint density at radius 2 is 1.43 bits per heavy atom. The maximum Gasteiger partial charge on any atom is 0.143 e. The van der Waals surface area contributed by atoms with Gasteiger partial charge < -0.3 is 4.42 Å². The summed E-state index contributed by atoms with van der Waals surface area (Å²) in [7, 11) is 0. The predicted octanol–water partition coefficient (Wildman–Crippen LogP) is 9.90. The third-order valence-corrected chi connectivity index (χ3v) is 8.34. The zero-order valence-electron chi connectivity index (χ0n) is 22.9. The van der Waals surface area contributed by atoms with Crippen molar-refractivity contribution in [3.05, 3.63) is 113 Å². The molecule has 0 fully saturated rings. The SMILES string of the molecule is Cc1cc(C)c2oc3c(-c4ccc(-c5cnc6c(n5)c5c(c7ccccc76)CCC=C5)cc4)cc(C)cc3c2c1. The van der Waals surface area contributed by atoms with Gasteiger partial charge in [-0.25, -0.2) is 4.98 Å². The summed E-state index contributed by atoms with van der Waals surface area (Å²) in [6.45, 7) is 6.42. The van der Waals surface area contributed by atoms with Crippen molar-refractivity contribution in [3.63, 3.8) is 0 Å². The monoisotopic (exact) mass is 516 g/mol. The highest BCUT2D eigenvalue weighted by Gasteiger charge is 2.18. The maximum atomic E-state index is 6.50. The van der Waals surface area contributed by atoms with Crippen molar-refractivity contribution in [3.8, 4) is 22.4 Å². The smallest absolute Gasteiger partial charge is 0.143 e. The molecule has 3 heteroatoms. The number of nitrogens with zero attached hydrogens (tertiary/aromatic N) is 2. The first-order valence-electron chi connectivity index (χ1n) is 14.0. The number of aryl methyl sites for hydroxylation is 4. The third-order valence-electron chi connectivity index (χ3n) is 8.34. The van der Waals surface area contributed by atoms with E-state index in [4.69, 9.17) is 14.4 Å². The Hall–Kier alpha value is -4.76. The number of hydrogen-bond acceptors (Lipinski definition) is 3. The van der Waals surface area contributed by atoms with Crippen LogP contribution in [0.25, 0.3) is 72.2 Å². The highest BCUT2D eigenvalue weighted by Crippen LogP contribution is 2.39. The molecule has 0 spiro atoms. The van der Waals surface area contributed by atoms with Crippen LogP contribution in [0, 0.1) is 20.8 Å². The van der Waals surface area contributed by atoms with Gasteiger partial charge >= 0.3 is 0 Å². The highest BCUT2D eigenvalue weighted by molar-refractivity contribution is 6.11. The standard InChI is InChI=1S/C37H28N2O/c1-21-16-23(3)36-31(18-21)32-19-22(2)17-30(37(32)40-36)24-12-14-25(15-13-24)33-20-38-34-28-10-6-4-8-26(28)27-9-5-7-11-29(27)35(34)39-33/h4,6-8,10-20H,5,9H2,1-3H3. The van der Waals surface area contributed by atoms with Crippen molar-refractivity contribution < 1.29 is 4.42 Å². The summed E-state index contributed by atoms with van der Waals surface area (Å²) < 4.78 is 6.50.